The third-order valence-electron chi connectivity index (χ3n) is 5.59. The average molecular weight is 452 g/mol. The summed E-state index contributed by atoms with van der Waals surface area (Å²) in [4.78, 5) is 0. The number of allylic oxidation sites excluding steroid dienone is 1. The molecule has 7 heteroatoms. The van der Waals surface area contributed by atoms with Crippen LogP contribution in [0.3, 0.4) is 0 Å². The quantitative estimate of drug-likeness (QED) is 0.368. The van der Waals surface area contributed by atoms with Gasteiger partial charge in [-0.05, 0) is 47.9 Å². The van der Waals surface area contributed by atoms with Crippen molar-refractivity contribution in [2.24, 2.45) is 0 Å². The van der Waals surface area contributed by atoms with Gasteiger partial charge in [0, 0.05) is 17.0 Å². The van der Waals surface area contributed by atoms with E-state index in [-0.39, 0.29) is 35.8 Å². The van der Waals surface area contributed by atoms with Crippen LogP contribution in [-0.2, 0) is 9.47 Å². The van der Waals surface area contributed by atoms with E-state index in [2.05, 4.69) is 0 Å². The van der Waals surface area contributed by atoms with E-state index in [1.807, 2.05) is 25.1 Å². The van der Waals surface area contributed by atoms with Gasteiger partial charge in [-0.25, -0.2) is 8.78 Å². The van der Waals surface area contributed by atoms with Crippen molar-refractivity contribution in [3.63, 3.8) is 0 Å². The smallest absolute Gasteiger partial charge is 0.201 e. The third kappa shape index (κ3) is 4.99. The first-order chi connectivity index (χ1) is 16.0. The molecule has 1 fully saturated rings. The first-order valence-corrected chi connectivity index (χ1v) is 10.9. The fourth-order valence-corrected chi connectivity index (χ4v) is 3.85. The van der Waals surface area contributed by atoms with Gasteiger partial charge in [0.1, 0.15) is 5.82 Å². The van der Waals surface area contributed by atoms with Gasteiger partial charge in [0.05, 0.1) is 19.7 Å². The fourth-order valence-electron chi connectivity index (χ4n) is 3.85. The largest absolute Gasteiger partial charge is 0.500 e. The molecule has 3 nitrogen and oxygen atoms in total. The second-order valence-corrected chi connectivity index (χ2v) is 7.75. The highest BCUT2D eigenvalue weighted by molar-refractivity contribution is 6.08. The summed E-state index contributed by atoms with van der Waals surface area (Å²) in [5, 5.41) is 0. The first kappa shape index (κ1) is 23.1. The molecule has 4 rings (SSSR count). The van der Waals surface area contributed by atoms with Crippen LogP contribution >= 0.6 is 0 Å². The maximum Gasteiger partial charge on any atom is 0.201 e. The van der Waals surface area contributed by atoms with E-state index >= 15 is 0 Å². The first-order valence-electron chi connectivity index (χ1n) is 10.9. The van der Waals surface area contributed by atoms with Gasteiger partial charge in [0.2, 0.25) is 5.82 Å². The molecule has 0 aromatic heterocycles. The van der Waals surface area contributed by atoms with Crippen molar-refractivity contribution in [1.82, 2.24) is 0 Å². The second-order valence-electron chi connectivity index (χ2n) is 7.75. The molecule has 0 saturated carbocycles. The van der Waals surface area contributed by atoms with E-state index in [4.69, 9.17) is 14.2 Å². The fraction of sp³-hybridized carbons (Fsp3) is 0.231. The van der Waals surface area contributed by atoms with Gasteiger partial charge in [-0.1, -0.05) is 42.5 Å². The average Bonchev–Trinajstić information content (AvgIpc) is 2.83. The van der Waals surface area contributed by atoms with Crippen molar-refractivity contribution < 1.29 is 27.4 Å². The molecular formula is C26H24BF3O3. The summed E-state index contributed by atoms with van der Waals surface area (Å²) in [5.41, 5.74) is 2.47. The zero-order valence-corrected chi connectivity index (χ0v) is 18.5. The summed E-state index contributed by atoms with van der Waals surface area (Å²) in [6.45, 7) is 3.04. The lowest BCUT2D eigenvalue weighted by Gasteiger charge is -2.28. The standard InChI is InChI=1S/C26H24BF3O3/c1-2-3-24-31-13-19(14-32-24)18-8-9-20(22(28)12-18)16-4-6-17(7-5-16)21-10-11-23(33-15-27)26(30)25(21)29/h2-12,19,24H,13-15,27H2,1H3/b3-2+. The Kier molecular flexibility index (Phi) is 7.21. The SMILES string of the molecule is BCOc1ccc(-c2ccc(-c3ccc(C4COC(/C=C/C)OC4)cc3F)cc2)c(F)c1F. The van der Waals surface area contributed by atoms with Crippen LogP contribution in [-0.4, -0.2) is 33.9 Å². The Labute approximate surface area is 192 Å². The Morgan fingerprint density at radius 1 is 0.909 bits per heavy atom. The lowest BCUT2D eigenvalue weighted by atomic mass is 9.95. The van der Waals surface area contributed by atoms with Gasteiger partial charge < -0.3 is 14.2 Å². The highest BCUT2D eigenvalue weighted by atomic mass is 19.2. The molecule has 3 aromatic carbocycles. The van der Waals surface area contributed by atoms with E-state index in [1.54, 1.807) is 38.2 Å². The van der Waals surface area contributed by atoms with Crippen LogP contribution in [0.1, 0.15) is 18.4 Å². The molecule has 0 N–H and O–H groups in total. The summed E-state index contributed by atoms with van der Waals surface area (Å²) in [6.07, 6.45) is 3.34. The van der Waals surface area contributed by atoms with Crippen LogP contribution in [0.25, 0.3) is 22.3 Å². The number of hydrogen-bond donors (Lipinski definition) is 0. The van der Waals surface area contributed by atoms with Gasteiger partial charge in [-0.15, -0.1) is 0 Å². The van der Waals surface area contributed by atoms with E-state index < -0.39 is 11.6 Å². The Hall–Kier alpha value is -3.03. The summed E-state index contributed by atoms with van der Waals surface area (Å²) in [5.74, 6) is -2.53. The van der Waals surface area contributed by atoms with Crippen molar-refractivity contribution in [2.45, 2.75) is 19.1 Å². The molecule has 33 heavy (non-hydrogen) atoms. The van der Waals surface area contributed by atoms with E-state index in [9.17, 15) is 13.2 Å². The maximum atomic E-state index is 14.9. The van der Waals surface area contributed by atoms with Crippen molar-refractivity contribution in [3.8, 4) is 28.0 Å². The van der Waals surface area contributed by atoms with Crippen LogP contribution in [0.5, 0.6) is 5.75 Å². The molecular weight excluding hydrogens is 428 g/mol. The van der Waals surface area contributed by atoms with Crippen LogP contribution in [0.15, 0.2) is 66.7 Å². The van der Waals surface area contributed by atoms with Gasteiger partial charge in [-0.3, -0.25) is 0 Å². The van der Waals surface area contributed by atoms with Crippen molar-refractivity contribution >= 4 is 7.85 Å². The molecule has 1 aliphatic heterocycles. The number of hydrogen-bond acceptors (Lipinski definition) is 3. The molecule has 3 aromatic rings. The second kappa shape index (κ2) is 10.3. The Balaban J connectivity index is 1.52. The molecule has 0 atom stereocenters. The molecule has 1 saturated heterocycles. The van der Waals surface area contributed by atoms with E-state index in [1.165, 1.54) is 18.2 Å². The topological polar surface area (TPSA) is 27.7 Å². The number of benzene rings is 3. The van der Waals surface area contributed by atoms with Crippen molar-refractivity contribution in [3.05, 3.63) is 89.8 Å². The molecule has 1 aliphatic rings. The summed E-state index contributed by atoms with van der Waals surface area (Å²) < 4.78 is 60.0. The molecule has 0 unspecified atom stereocenters. The lowest BCUT2D eigenvalue weighted by molar-refractivity contribution is -0.159. The van der Waals surface area contributed by atoms with Crippen LogP contribution in [0.4, 0.5) is 13.2 Å². The van der Waals surface area contributed by atoms with Gasteiger partial charge >= 0.3 is 0 Å². The normalized spacial score (nSPS) is 18.5. The van der Waals surface area contributed by atoms with E-state index in [0.717, 1.165) is 5.56 Å². The zero-order valence-electron chi connectivity index (χ0n) is 18.5. The van der Waals surface area contributed by atoms with Gasteiger partial charge in [-0.2, -0.15) is 4.39 Å². The Bertz CT molecular complexity index is 1140. The van der Waals surface area contributed by atoms with Crippen LogP contribution in [0, 0.1) is 17.5 Å². The number of rotatable bonds is 6. The molecule has 170 valence electrons. The predicted octanol–water partition coefficient (Wildman–Crippen LogP) is 5.44. The van der Waals surface area contributed by atoms with Crippen LogP contribution in [0.2, 0.25) is 0 Å². The van der Waals surface area contributed by atoms with E-state index in [0.29, 0.717) is 29.9 Å². The number of ether oxygens (including phenoxy) is 3. The summed E-state index contributed by atoms with van der Waals surface area (Å²) >= 11 is 0. The maximum absolute atomic E-state index is 14.9. The predicted molar refractivity (Wildman–Crippen MR) is 124 cm³/mol. The van der Waals surface area contributed by atoms with Crippen LogP contribution < -0.4 is 4.74 Å². The molecule has 1 heterocycles. The Morgan fingerprint density at radius 2 is 1.55 bits per heavy atom. The molecule has 0 amide bonds. The summed E-state index contributed by atoms with van der Waals surface area (Å²) in [6, 6.07) is 14.6. The zero-order chi connectivity index (χ0) is 23.4. The van der Waals surface area contributed by atoms with Crippen molar-refractivity contribution in [2.75, 3.05) is 19.7 Å². The number of halogens is 3. The van der Waals surface area contributed by atoms with Gasteiger partial charge in [0.25, 0.3) is 0 Å². The molecule has 0 aliphatic carbocycles. The minimum atomic E-state index is -1.02. The monoisotopic (exact) mass is 452 g/mol. The lowest BCUT2D eigenvalue weighted by Crippen LogP contribution is -2.29. The van der Waals surface area contributed by atoms with Crippen molar-refractivity contribution in [1.29, 1.82) is 0 Å². The minimum absolute atomic E-state index is 0.0463. The molecule has 0 radical (unpaired) electrons. The molecule has 0 spiro atoms. The highest BCUT2D eigenvalue weighted by Crippen LogP contribution is 2.33. The Morgan fingerprint density at radius 3 is 2.15 bits per heavy atom. The molecule has 0 bridgehead atoms. The minimum Gasteiger partial charge on any atom is -0.500 e. The summed E-state index contributed by atoms with van der Waals surface area (Å²) in [7, 11) is 1.70. The third-order valence-corrected chi connectivity index (χ3v) is 5.59. The van der Waals surface area contributed by atoms with Gasteiger partial charge in [0.15, 0.2) is 25.7 Å². The highest BCUT2D eigenvalue weighted by Gasteiger charge is 2.23.